The molecule has 4 rings (SSSR count). The van der Waals surface area contributed by atoms with Crippen molar-refractivity contribution in [3.8, 4) is 11.4 Å². The number of halogens is 1. The normalized spacial score (nSPS) is 24.2. The molecule has 3 atom stereocenters. The zero-order chi connectivity index (χ0) is 21.3. The van der Waals surface area contributed by atoms with Crippen molar-refractivity contribution in [2.24, 2.45) is 17.8 Å². The van der Waals surface area contributed by atoms with Gasteiger partial charge in [-0.15, -0.1) is 10.2 Å². The molecular weight excluding hydrogens is 401 g/mol. The minimum absolute atomic E-state index is 0.00266. The predicted molar refractivity (Wildman–Crippen MR) is 116 cm³/mol. The van der Waals surface area contributed by atoms with Crippen LogP contribution in [-0.4, -0.2) is 32.6 Å². The highest BCUT2D eigenvalue weighted by molar-refractivity contribution is 7.99. The maximum atomic E-state index is 14.3. The van der Waals surface area contributed by atoms with Crippen LogP contribution in [0.1, 0.15) is 58.9 Å². The molecule has 2 aliphatic rings. The number of esters is 1. The zero-order valence-electron chi connectivity index (χ0n) is 17.9. The lowest BCUT2D eigenvalue weighted by Gasteiger charge is -2.36. The summed E-state index contributed by atoms with van der Waals surface area (Å²) in [6.45, 7) is 6.64. The summed E-state index contributed by atoms with van der Waals surface area (Å²) in [5.41, 5.74) is 0.447. The van der Waals surface area contributed by atoms with Crippen molar-refractivity contribution in [1.82, 2.24) is 14.8 Å². The highest BCUT2D eigenvalue weighted by Crippen LogP contribution is 2.41. The molecule has 1 heterocycles. The van der Waals surface area contributed by atoms with Gasteiger partial charge in [0, 0.05) is 6.04 Å². The Balaban J connectivity index is 1.44. The van der Waals surface area contributed by atoms with Crippen LogP contribution in [0.5, 0.6) is 0 Å². The van der Waals surface area contributed by atoms with E-state index >= 15 is 0 Å². The molecule has 5 nitrogen and oxygen atoms in total. The Bertz CT molecular complexity index is 896. The average Bonchev–Trinajstić information content (AvgIpc) is 3.46. The van der Waals surface area contributed by atoms with E-state index in [1.165, 1.54) is 24.2 Å². The van der Waals surface area contributed by atoms with Gasteiger partial charge in [-0.25, -0.2) is 4.39 Å². The lowest BCUT2D eigenvalue weighted by atomic mass is 9.75. The molecule has 1 aromatic carbocycles. The van der Waals surface area contributed by atoms with Gasteiger partial charge in [0.2, 0.25) is 0 Å². The molecular formula is C23H30FN3O2S. The van der Waals surface area contributed by atoms with Gasteiger partial charge in [-0.3, -0.25) is 9.36 Å². The van der Waals surface area contributed by atoms with E-state index in [4.69, 9.17) is 4.74 Å². The number of ether oxygens (including phenoxy) is 1. The quantitative estimate of drug-likeness (QED) is 0.427. The fourth-order valence-electron chi connectivity index (χ4n) is 4.44. The van der Waals surface area contributed by atoms with Crippen LogP contribution in [-0.2, 0) is 9.53 Å². The molecule has 0 amide bonds. The third kappa shape index (κ3) is 4.71. The number of thioether (sulfide) groups is 1. The van der Waals surface area contributed by atoms with Crippen LogP contribution >= 0.6 is 11.8 Å². The van der Waals surface area contributed by atoms with Gasteiger partial charge in [-0.1, -0.05) is 51.1 Å². The van der Waals surface area contributed by atoms with Gasteiger partial charge in [-0.2, -0.15) is 0 Å². The van der Waals surface area contributed by atoms with Crippen LogP contribution in [0.3, 0.4) is 0 Å². The minimum Gasteiger partial charge on any atom is -0.461 e. The van der Waals surface area contributed by atoms with Gasteiger partial charge in [0.05, 0.1) is 11.3 Å². The number of aromatic nitrogens is 3. The van der Waals surface area contributed by atoms with E-state index in [2.05, 4.69) is 31.0 Å². The minimum atomic E-state index is -0.311. The van der Waals surface area contributed by atoms with Crippen LogP contribution in [0.2, 0.25) is 0 Å². The molecule has 162 valence electrons. The fourth-order valence-corrected chi connectivity index (χ4v) is 5.23. The second kappa shape index (κ2) is 9.08. The Kier molecular flexibility index (Phi) is 6.46. The largest absolute Gasteiger partial charge is 0.461 e. The Morgan fingerprint density at radius 3 is 2.70 bits per heavy atom. The molecule has 2 saturated carbocycles. The first-order chi connectivity index (χ1) is 14.4. The topological polar surface area (TPSA) is 57.0 Å². The summed E-state index contributed by atoms with van der Waals surface area (Å²) < 4.78 is 22.2. The lowest BCUT2D eigenvalue weighted by Crippen LogP contribution is -2.36. The maximum absolute atomic E-state index is 14.3. The molecule has 0 aliphatic heterocycles. The third-order valence-corrected chi connectivity index (χ3v) is 7.17. The van der Waals surface area contributed by atoms with Crippen molar-refractivity contribution in [3.63, 3.8) is 0 Å². The van der Waals surface area contributed by atoms with E-state index in [-0.39, 0.29) is 29.7 Å². The molecule has 0 spiro atoms. The maximum Gasteiger partial charge on any atom is 0.316 e. The second-order valence-corrected chi connectivity index (χ2v) is 9.97. The van der Waals surface area contributed by atoms with Crippen LogP contribution in [0.15, 0.2) is 29.4 Å². The van der Waals surface area contributed by atoms with Crippen molar-refractivity contribution in [3.05, 3.63) is 30.1 Å². The molecule has 7 heteroatoms. The van der Waals surface area contributed by atoms with Gasteiger partial charge in [0.1, 0.15) is 11.9 Å². The van der Waals surface area contributed by atoms with Crippen molar-refractivity contribution in [1.29, 1.82) is 0 Å². The summed E-state index contributed by atoms with van der Waals surface area (Å²) in [6.07, 6.45) is 5.30. The summed E-state index contributed by atoms with van der Waals surface area (Å²) in [5, 5.41) is 9.18. The van der Waals surface area contributed by atoms with Crippen molar-refractivity contribution < 1.29 is 13.9 Å². The van der Waals surface area contributed by atoms with Crippen LogP contribution in [0.25, 0.3) is 11.4 Å². The number of nitrogens with zero attached hydrogens (tertiary/aromatic N) is 3. The highest BCUT2D eigenvalue weighted by Gasteiger charge is 2.34. The second-order valence-electron chi connectivity index (χ2n) is 9.03. The number of benzene rings is 1. The summed E-state index contributed by atoms with van der Waals surface area (Å²) in [5.74, 6) is 1.73. The molecule has 3 unspecified atom stereocenters. The van der Waals surface area contributed by atoms with Gasteiger partial charge >= 0.3 is 5.97 Å². The van der Waals surface area contributed by atoms with E-state index < -0.39 is 0 Å². The van der Waals surface area contributed by atoms with E-state index in [1.807, 2.05) is 4.57 Å². The van der Waals surface area contributed by atoms with E-state index in [0.29, 0.717) is 34.3 Å². The number of hydrogen-bond donors (Lipinski definition) is 0. The summed E-state index contributed by atoms with van der Waals surface area (Å²) in [6, 6.07) is 6.89. The molecule has 0 bridgehead atoms. The van der Waals surface area contributed by atoms with Crippen molar-refractivity contribution in [2.45, 2.75) is 70.2 Å². The number of carbonyl (C=O) groups excluding carboxylic acids is 1. The van der Waals surface area contributed by atoms with Gasteiger partial charge in [0.25, 0.3) is 0 Å². The van der Waals surface area contributed by atoms with Gasteiger partial charge in [0.15, 0.2) is 11.0 Å². The van der Waals surface area contributed by atoms with E-state index in [0.717, 1.165) is 25.7 Å². The molecule has 0 radical (unpaired) electrons. The smallest absolute Gasteiger partial charge is 0.316 e. The molecule has 2 aromatic rings. The Morgan fingerprint density at radius 2 is 2.00 bits per heavy atom. The predicted octanol–water partition coefficient (Wildman–Crippen LogP) is 5.52. The molecule has 2 fully saturated rings. The first-order valence-electron chi connectivity index (χ1n) is 11.0. The summed E-state index contributed by atoms with van der Waals surface area (Å²) in [7, 11) is 0. The standard InChI is InChI=1S/C23H30FN3O2S/c1-14(2)17-11-8-15(3)12-20(17)29-21(28)13-30-23-26-25-22(27(23)16-9-10-16)18-6-4-5-7-19(18)24/h4-7,14-17,20H,8-13H2,1-3H3. The van der Waals surface area contributed by atoms with Gasteiger partial charge in [-0.05, 0) is 55.6 Å². The van der Waals surface area contributed by atoms with Crippen LogP contribution < -0.4 is 0 Å². The number of carbonyl (C=O) groups is 1. The number of hydrogen-bond acceptors (Lipinski definition) is 5. The van der Waals surface area contributed by atoms with Gasteiger partial charge < -0.3 is 4.74 Å². The summed E-state index contributed by atoms with van der Waals surface area (Å²) >= 11 is 1.34. The average molecular weight is 432 g/mol. The monoisotopic (exact) mass is 431 g/mol. The molecule has 30 heavy (non-hydrogen) atoms. The molecule has 0 N–H and O–H groups in total. The Hall–Kier alpha value is -1.89. The fraction of sp³-hybridized carbons (Fsp3) is 0.609. The Labute approximate surface area is 181 Å². The lowest BCUT2D eigenvalue weighted by molar-refractivity contribution is -0.152. The molecule has 1 aromatic heterocycles. The SMILES string of the molecule is CC1CCC(C(C)C)C(OC(=O)CSc2nnc(-c3ccccc3F)n2C2CC2)C1. The van der Waals surface area contributed by atoms with Crippen molar-refractivity contribution in [2.75, 3.05) is 5.75 Å². The van der Waals surface area contributed by atoms with E-state index in [1.54, 1.807) is 18.2 Å². The Morgan fingerprint density at radius 1 is 1.23 bits per heavy atom. The van der Waals surface area contributed by atoms with Crippen LogP contribution in [0, 0.1) is 23.6 Å². The van der Waals surface area contributed by atoms with Crippen molar-refractivity contribution >= 4 is 17.7 Å². The molecule has 2 aliphatic carbocycles. The first kappa shape index (κ1) is 21.3. The van der Waals surface area contributed by atoms with Crippen LogP contribution in [0.4, 0.5) is 4.39 Å². The third-order valence-electron chi connectivity index (χ3n) is 6.25. The highest BCUT2D eigenvalue weighted by atomic mass is 32.2. The van der Waals surface area contributed by atoms with E-state index in [9.17, 15) is 9.18 Å². The zero-order valence-corrected chi connectivity index (χ0v) is 18.7. The molecule has 0 saturated heterocycles. The number of rotatable bonds is 7. The summed E-state index contributed by atoms with van der Waals surface area (Å²) in [4.78, 5) is 12.6. The first-order valence-corrected chi connectivity index (χ1v) is 11.9.